The van der Waals surface area contributed by atoms with E-state index in [0.717, 1.165) is 5.56 Å². The molecule has 7 nitrogen and oxygen atoms in total. The smallest absolute Gasteiger partial charge is 0.340 e. The Balaban J connectivity index is 1.58. The molecule has 1 aromatic heterocycles. The lowest BCUT2D eigenvalue weighted by Gasteiger charge is -2.09. The van der Waals surface area contributed by atoms with Gasteiger partial charge in [0.25, 0.3) is 0 Å². The second-order valence-electron chi connectivity index (χ2n) is 6.91. The number of fused-ring (bicyclic) bond motifs is 2. The zero-order chi connectivity index (χ0) is 20.1. The van der Waals surface area contributed by atoms with Gasteiger partial charge in [-0.15, -0.1) is 0 Å². The molecule has 2 N–H and O–H groups in total. The first kappa shape index (κ1) is 18.2. The van der Waals surface area contributed by atoms with Crippen LogP contribution in [0.15, 0.2) is 45.6 Å². The van der Waals surface area contributed by atoms with Gasteiger partial charge in [0.1, 0.15) is 11.3 Å². The maximum absolute atomic E-state index is 12.5. The number of sulfone groups is 1. The largest absolute Gasteiger partial charge is 0.508 e. The Kier molecular flexibility index (Phi) is 4.23. The van der Waals surface area contributed by atoms with Gasteiger partial charge in [0, 0.05) is 17.1 Å². The summed E-state index contributed by atoms with van der Waals surface area (Å²) in [5, 5.41) is 12.9. The third-order valence-electron chi connectivity index (χ3n) is 4.85. The molecule has 3 aromatic rings. The molecule has 2 aromatic carbocycles. The van der Waals surface area contributed by atoms with Gasteiger partial charge in [-0.1, -0.05) is 6.07 Å². The van der Waals surface area contributed by atoms with Crippen LogP contribution < -0.4 is 10.9 Å². The number of aryl methyl sites for hydroxylation is 1. The summed E-state index contributed by atoms with van der Waals surface area (Å²) in [6.07, 6.45) is -0.180. The molecule has 8 heteroatoms. The average Bonchev–Trinajstić information content (AvgIpc) is 2.91. The summed E-state index contributed by atoms with van der Waals surface area (Å²) in [7, 11) is -3.12. The van der Waals surface area contributed by atoms with Gasteiger partial charge in [0.2, 0.25) is 5.91 Å². The van der Waals surface area contributed by atoms with Crippen molar-refractivity contribution in [1.29, 1.82) is 0 Å². The molecule has 0 saturated heterocycles. The Morgan fingerprint density at radius 1 is 1.14 bits per heavy atom. The summed E-state index contributed by atoms with van der Waals surface area (Å²) < 4.78 is 28.7. The van der Waals surface area contributed by atoms with Crippen LogP contribution in [0.4, 0.5) is 5.69 Å². The van der Waals surface area contributed by atoms with Crippen molar-refractivity contribution >= 4 is 32.4 Å². The van der Waals surface area contributed by atoms with Crippen LogP contribution in [0.2, 0.25) is 0 Å². The summed E-state index contributed by atoms with van der Waals surface area (Å²) in [6, 6.07) is 9.46. The molecule has 0 fully saturated rings. The van der Waals surface area contributed by atoms with Gasteiger partial charge in [-0.25, -0.2) is 13.2 Å². The van der Waals surface area contributed by atoms with Gasteiger partial charge < -0.3 is 14.8 Å². The second-order valence-corrected chi connectivity index (χ2v) is 8.98. The highest BCUT2D eigenvalue weighted by molar-refractivity contribution is 7.90. The third kappa shape index (κ3) is 3.38. The minimum absolute atomic E-state index is 0.0147. The van der Waals surface area contributed by atoms with Crippen LogP contribution in [0, 0.1) is 6.92 Å². The lowest BCUT2D eigenvalue weighted by molar-refractivity contribution is -0.115. The van der Waals surface area contributed by atoms with Crippen molar-refractivity contribution in [3.05, 3.63) is 69.1 Å². The molecule has 2 heterocycles. The molecule has 1 aliphatic rings. The summed E-state index contributed by atoms with van der Waals surface area (Å²) in [5.41, 5.74) is 2.37. The van der Waals surface area contributed by atoms with E-state index in [0.29, 0.717) is 22.2 Å². The first-order valence-corrected chi connectivity index (χ1v) is 10.4. The molecule has 0 bridgehead atoms. The SMILES string of the molecule is Cc1c(CC(=O)Nc2ccc3c(c2)CS(=O)(=O)C3)c(=O)oc2cc(O)ccc12. The topological polar surface area (TPSA) is 114 Å². The quantitative estimate of drug-likeness (QED) is 0.654. The highest BCUT2D eigenvalue weighted by Gasteiger charge is 2.25. The summed E-state index contributed by atoms with van der Waals surface area (Å²) in [5.74, 6) is -0.441. The van der Waals surface area contributed by atoms with Gasteiger partial charge >= 0.3 is 5.63 Å². The zero-order valence-electron chi connectivity index (χ0n) is 15.0. The summed E-state index contributed by atoms with van der Waals surface area (Å²) >= 11 is 0. The monoisotopic (exact) mass is 399 g/mol. The second kappa shape index (κ2) is 6.49. The standard InChI is InChI=1S/C20H17NO6S/c1-11-16-5-4-15(22)7-18(16)27-20(24)17(11)8-19(23)21-14-3-2-12-9-28(25,26)10-13(12)6-14/h2-7,22H,8-10H2,1H3,(H,21,23). The van der Waals surface area contributed by atoms with Gasteiger partial charge in [0.05, 0.1) is 23.5 Å². The van der Waals surface area contributed by atoms with Crippen LogP contribution in [0.25, 0.3) is 11.0 Å². The van der Waals surface area contributed by atoms with Crippen molar-refractivity contribution in [2.24, 2.45) is 0 Å². The number of hydrogen-bond acceptors (Lipinski definition) is 6. The van der Waals surface area contributed by atoms with Crippen LogP contribution >= 0.6 is 0 Å². The fourth-order valence-corrected chi connectivity index (χ4v) is 5.06. The number of carbonyl (C=O) groups excluding carboxylic acids is 1. The molecule has 0 atom stereocenters. The molecular weight excluding hydrogens is 382 g/mol. The minimum atomic E-state index is -3.12. The van der Waals surface area contributed by atoms with E-state index in [1.165, 1.54) is 12.1 Å². The number of carbonyl (C=O) groups is 1. The Hall–Kier alpha value is -3.13. The number of nitrogens with one attached hydrogen (secondary N) is 1. The van der Waals surface area contributed by atoms with Gasteiger partial charge in [-0.2, -0.15) is 0 Å². The molecule has 0 unspecified atom stereocenters. The van der Waals surface area contributed by atoms with E-state index < -0.39 is 21.4 Å². The van der Waals surface area contributed by atoms with E-state index in [-0.39, 0.29) is 34.8 Å². The van der Waals surface area contributed by atoms with E-state index in [9.17, 15) is 23.1 Å². The molecule has 0 aliphatic carbocycles. The average molecular weight is 399 g/mol. The van der Waals surface area contributed by atoms with Crippen molar-refractivity contribution in [1.82, 2.24) is 0 Å². The Labute approximate surface area is 160 Å². The predicted octanol–water partition coefficient (Wildman–Crippen LogP) is 2.42. The Bertz CT molecular complexity index is 1290. The Morgan fingerprint density at radius 3 is 2.68 bits per heavy atom. The fraction of sp³-hybridized carbons (Fsp3) is 0.200. The lowest BCUT2D eigenvalue weighted by Crippen LogP contribution is -2.20. The zero-order valence-corrected chi connectivity index (χ0v) is 15.8. The van der Waals surface area contributed by atoms with Crippen molar-refractivity contribution in [3.8, 4) is 5.75 Å². The minimum Gasteiger partial charge on any atom is -0.508 e. The van der Waals surface area contributed by atoms with Crippen LogP contribution in [0.5, 0.6) is 5.75 Å². The number of anilines is 1. The van der Waals surface area contributed by atoms with Crippen LogP contribution in [0.1, 0.15) is 22.3 Å². The number of amides is 1. The first-order valence-electron chi connectivity index (χ1n) is 8.59. The molecule has 4 rings (SSSR count). The predicted molar refractivity (Wildman–Crippen MR) is 104 cm³/mol. The molecule has 144 valence electrons. The summed E-state index contributed by atoms with van der Waals surface area (Å²) in [4.78, 5) is 24.7. The van der Waals surface area contributed by atoms with Crippen molar-refractivity contribution in [3.63, 3.8) is 0 Å². The van der Waals surface area contributed by atoms with E-state index in [2.05, 4.69) is 5.32 Å². The van der Waals surface area contributed by atoms with Crippen molar-refractivity contribution < 1.29 is 22.7 Å². The van der Waals surface area contributed by atoms with Crippen LogP contribution in [-0.4, -0.2) is 19.4 Å². The number of aromatic hydroxyl groups is 1. The lowest BCUT2D eigenvalue weighted by atomic mass is 10.0. The number of benzene rings is 2. The fourth-order valence-electron chi connectivity index (χ4n) is 3.46. The molecular formula is C20H17NO6S. The molecule has 0 spiro atoms. The van der Waals surface area contributed by atoms with E-state index in [4.69, 9.17) is 4.42 Å². The highest BCUT2D eigenvalue weighted by atomic mass is 32.2. The van der Waals surface area contributed by atoms with Crippen molar-refractivity contribution in [2.75, 3.05) is 5.32 Å². The molecule has 0 radical (unpaired) electrons. The van der Waals surface area contributed by atoms with E-state index in [1.807, 2.05) is 0 Å². The van der Waals surface area contributed by atoms with E-state index >= 15 is 0 Å². The highest BCUT2D eigenvalue weighted by Crippen LogP contribution is 2.28. The molecule has 28 heavy (non-hydrogen) atoms. The first-order chi connectivity index (χ1) is 13.2. The number of rotatable bonds is 3. The maximum atomic E-state index is 12.5. The number of phenolic OH excluding ortho intramolecular Hbond substituents is 1. The van der Waals surface area contributed by atoms with Gasteiger partial charge in [-0.3, -0.25) is 4.79 Å². The molecule has 1 amide bonds. The van der Waals surface area contributed by atoms with Gasteiger partial charge in [-0.05, 0) is 47.9 Å². The normalized spacial score (nSPS) is 14.8. The van der Waals surface area contributed by atoms with Crippen molar-refractivity contribution in [2.45, 2.75) is 24.9 Å². The Morgan fingerprint density at radius 2 is 1.89 bits per heavy atom. The molecule has 1 aliphatic heterocycles. The third-order valence-corrected chi connectivity index (χ3v) is 6.35. The molecule has 0 saturated carbocycles. The number of hydrogen-bond donors (Lipinski definition) is 2. The van der Waals surface area contributed by atoms with Crippen LogP contribution in [0.3, 0.4) is 0 Å². The van der Waals surface area contributed by atoms with Gasteiger partial charge in [0.15, 0.2) is 9.84 Å². The van der Waals surface area contributed by atoms with E-state index in [1.54, 1.807) is 31.2 Å². The summed E-state index contributed by atoms with van der Waals surface area (Å²) in [6.45, 7) is 1.72. The number of phenols is 1. The van der Waals surface area contributed by atoms with Crippen LogP contribution in [-0.2, 0) is 32.6 Å². The maximum Gasteiger partial charge on any atom is 0.340 e.